The highest BCUT2D eigenvalue weighted by Crippen LogP contribution is 2.03. The molecular formula is C12H22FNO. The molecule has 0 amide bonds. The van der Waals surface area contributed by atoms with E-state index in [2.05, 4.69) is 12.2 Å². The largest absolute Gasteiger partial charge is 0.497 e. The Labute approximate surface area is 92.2 Å². The molecule has 0 atom stereocenters. The van der Waals surface area contributed by atoms with Gasteiger partial charge in [-0.1, -0.05) is 13.8 Å². The maximum absolute atomic E-state index is 12.7. The summed E-state index contributed by atoms with van der Waals surface area (Å²) in [7, 11) is 0. The molecule has 0 spiro atoms. The molecule has 88 valence electrons. The number of hydrogen-bond acceptors (Lipinski definition) is 2. The summed E-state index contributed by atoms with van der Waals surface area (Å²) in [6.45, 7) is 8.21. The Hall–Kier alpha value is -0.830. The molecule has 0 aromatic rings. The molecule has 2 nitrogen and oxygen atoms in total. The first-order valence-electron chi connectivity index (χ1n) is 5.57. The minimum atomic E-state index is -0.123. The van der Waals surface area contributed by atoms with Crippen LogP contribution in [0, 0.1) is 0 Å². The Balaban J connectivity index is 3.60. The van der Waals surface area contributed by atoms with Crippen LogP contribution in [0.2, 0.25) is 0 Å². The first-order valence-corrected chi connectivity index (χ1v) is 5.57. The van der Waals surface area contributed by atoms with Gasteiger partial charge in [0.2, 0.25) is 0 Å². The van der Waals surface area contributed by atoms with Gasteiger partial charge in [0.1, 0.15) is 6.61 Å². The SMILES string of the molecule is CCCNCCO/C(C)=C/C=C(/F)CC. The van der Waals surface area contributed by atoms with Crippen LogP contribution in [-0.4, -0.2) is 19.7 Å². The topological polar surface area (TPSA) is 21.3 Å². The summed E-state index contributed by atoms with van der Waals surface area (Å²) < 4.78 is 18.1. The Morgan fingerprint density at radius 3 is 2.60 bits per heavy atom. The first kappa shape index (κ1) is 14.2. The Bertz CT molecular complexity index is 212. The number of allylic oxidation sites excluding steroid dienone is 4. The van der Waals surface area contributed by atoms with Crippen molar-refractivity contribution in [1.29, 1.82) is 0 Å². The average Bonchev–Trinajstić information content (AvgIpc) is 2.25. The van der Waals surface area contributed by atoms with Crippen molar-refractivity contribution in [3.8, 4) is 0 Å². The zero-order valence-corrected chi connectivity index (χ0v) is 9.98. The van der Waals surface area contributed by atoms with Crippen molar-refractivity contribution >= 4 is 0 Å². The summed E-state index contributed by atoms with van der Waals surface area (Å²) in [6, 6.07) is 0. The third-order valence-corrected chi connectivity index (χ3v) is 1.87. The molecule has 3 heteroatoms. The van der Waals surface area contributed by atoms with Crippen LogP contribution < -0.4 is 5.32 Å². The van der Waals surface area contributed by atoms with Gasteiger partial charge in [-0.15, -0.1) is 0 Å². The van der Waals surface area contributed by atoms with E-state index in [1.165, 1.54) is 6.08 Å². The molecule has 0 rings (SSSR count). The maximum atomic E-state index is 12.7. The first-order chi connectivity index (χ1) is 7.20. The fourth-order valence-corrected chi connectivity index (χ4v) is 0.960. The van der Waals surface area contributed by atoms with Crippen molar-refractivity contribution in [2.75, 3.05) is 19.7 Å². The molecule has 0 unspecified atom stereocenters. The molecule has 0 aromatic heterocycles. The van der Waals surface area contributed by atoms with Gasteiger partial charge in [0.05, 0.1) is 11.6 Å². The molecule has 0 radical (unpaired) electrons. The highest BCUT2D eigenvalue weighted by molar-refractivity contribution is 5.09. The molecule has 15 heavy (non-hydrogen) atoms. The van der Waals surface area contributed by atoms with Gasteiger partial charge in [-0.2, -0.15) is 0 Å². The zero-order valence-electron chi connectivity index (χ0n) is 9.98. The van der Waals surface area contributed by atoms with Crippen molar-refractivity contribution in [2.24, 2.45) is 0 Å². The second-order valence-electron chi connectivity index (χ2n) is 3.34. The van der Waals surface area contributed by atoms with E-state index in [1.54, 1.807) is 13.0 Å². The van der Waals surface area contributed by atoms with Crippen molar-refractivity contribution in [3.05, 3.63) is 23.7 Å². The number of rotatable bonds is 8. The van der Waals surface area contributed by atoms with Crippen LogP contribution in [0.1, 0.15) is 33.6 Å². The second kappa shape index (κ2) is 9.71. The lowest BCUT2D eigenvalue weighted by Gasteiger charge is -2.06. The lowest BCUT2D eigenvalue weighted by molar-refractivity contribution is 0.214. The maximum Gasteiger partial charge on any atom is 0.100 e. The number of halogens is 1. The highest BCUT2D eigenvalue weighted by Gasteiger charge is 1.90. The van der Waals surface area contributed by atoms with Crippen LogP contribution in [0.4, 0.5) is 4.39 Å². The molecule has 0 saturated heterocycles. The van der Waals surface area contributed by atoms with Gasteiger partial charge in [-0.3, -0.25) is 0 Å². The monoisotopic (exact) mass is 215 g/mol. The van der Waals surface area contributed by atoms with Crippen molar-refractivity contribution in [3.63, 3.8) is 0 Å². The normalized spacial score (nSPS) is 13.1. The fourth-order valence-electron chi connectivity index (χ4n) is 0.960. The molecule has 0 heterocycles. The van der Waals surface area contributed by atoms with Gasteiger partial charge in [0, 0.05) is 6.54 Å². The summed E-state index contributed by atoms with van der Waals surface area (Å²) in [4.78, 5) is 0. The summed E-state index contributed by atoms with van der Waals surface area (Å²) in [5, 5.41) is 3.22. The van der Waals surface area contributed by atoms with Gasteiger partial charge in [0.25, 0.3) is 0 Å². The van der Waals surface area contributed by atoms with Crippen LogP contribution >= 0.6 is 0 Å². The summed E-state index contributed by atoms with van der Waals surface area (Å²) in [6.07, 6.45) is 4.68. The Morgan fingerprint density at radius 2 is 2.00 bits per heavy atom. The van der Waals surface area contributed by atoms with Crippen LogP contribution in [0.15, 0.2) is 23.7 Å². The van der Waals surface area contributed by atoms with E-state index in [0.29, 0.717) is 13.0 Å². The molecule has 1 N–H and O–H groups in total. The van der Waals surface area contributed by atoms with E-state index in [0.717, 1.165) is 25.3 Å². The standard InChI is InChI=1S/C12H22FNO/c1-4-8-14-9-10-15-11(3)6-7-12(13)5-2/h6-7,14H,4-5,8-10H2,1-3H3/b11-6+,12-7+. The number of nitrogens with one attached hydrogen (secondary N) is 1. The van der Waals surface area contributed by atoms with E-state index in [9.17, 15) is 4.39 Å². The van der Waals surface area contributed by atoms with E-state index in [-0.39, 0.29) is 5.83 Å². The highest BCUT2D eigenvalue weighted by atomic mass is 19.1. The van der Waals surface area contributed by atoms with Crippen molar-refractivity contribution in [2.45, 2.75) is 33.6 Å². The van der Waals surface area contributed by atoms with Gasteiger partial charge < -0.3 is 10.1 Å². The second-order valence-corrected chi connectivity index (χ2v) is 3.34. The lowest BCUT2D eigenvalue weighted by atomic mass is 10.3. The number of hydrogen-bond donors (Lipinski definition) is 1. The van der Waals surface area contributed by atoms with E-state index in [1.807, 2.05) is 6.92 Å². The van der Waals surface area contributed by atoms with Gasteiger partial charge in [0.15, 0.2) is 0 Å². The van der Waals surface area contributed by atoms with E-state index >= 15 is 0 Å². The average molecular weight is 215 g/mol. The molecule has 0 saturated carbocycles. The molecule has 0 bridgehead atoms. The molecule has 0 aliphatic heterocycles. The smallest absolute Gasteiger partial charge is 0.100 e. The van der Waals surface area contributed by atoms with Gasteiger partial charge >= 0.3 is 0 Å². The van der Waals surface area contributed by atoms with E-state index < -0.39 is 0 Å². The molecule has 0 fully saturated rings. The zero-order chi connectivity index (χ0) is 11.5. The lowest BCUT2D eigenvalue weighted by Crippen LogP contribution is -2.19. The fraction of sp³-hybridized carbons (Fsp3) is 0.667. The van der Waals surface area contributed by atoms with Gasteiger partial charge in [-0.25, -0.2) is 4.39 Å². The minimum absolute atomic E-state index is 0.123. The molecule has 0 aliphatic rings. The van der Waals surface area contributed by atoms with Crippen LogP contribution in [-0.2, 0) is 4.74 Å². The number of ether oxygens (including phenoxy) is 1. The van der Waals surface area contributed by atoms with E-state index in [4.69, 9.17) is 4.74 Å². The summed E-state index contributed by atoms with van der Waals surface area (Å²) in [5.41, 5.74) is 0. The third kappa shape index (κ3) is 9.47. The van der Waals surface area contributed by atoms with Crippen LogP contribution in [0.25, 0.3) is 0 Å². The predicted molar refractivity (Wildman–Crippen MR) is 62.4 cm³/mol. The van der Waals surface area contributed by atoms with Crippen LogP contribution in [0.5, 0.6) is 0 Å². The van der Waals surface area contributed by atoms with Gasteiger partial charge in [-0.05, 0) is 38.5 Å². The van der Waals surface area contributed by atoms with Crippen molar-refractivity contribution < 1.29 is 9.13 Å². The van der Waals surface area contributed by atoms with Crippen molar-refractivity contribution in [1.82, 2.24) is 5.32 Å². The summed E-state index contributed by atoms with van der Waals surface area (Å²) >= 11 is 0. The molecule has 0 aromatic carbocycles. The molecular weight excluding hydrogens is 193 g/mol. The minimum Gasteiger partial charge on any atom is -0.497 e. The quantitative estimate of drug-likeness (QED) is 0.381. The predicted octanol–water partition coefficient (Wildman–Crippen LogP) is 3.17. The summed E-state index contributed by atoms with van der Waals surface area (Å²) in [5.74, 6) is 0.624. The third-order valence-electron chi connectivity index (χ3n) is 1.87. The Kier molecular flexibility index (Phi) is 9.18. The van der Waals surface area contributed by atoms with Crippen LogP contribution in [0.3, 0.4) is 0 Å². The Morgan fingerprint density at radius 1 is 1.27 bits per heavy atom. The molecule has 0 aliphatic carbocycles.